The maximum Gasteiger partial charge on any atom is 0.191 e. The fourth-order valence-electron chi connectivity index (χ4n) is 0.731. The van der Waals surface area contributed by atoms with Crippen molar-refractivity contribution in [1.82, 2.24) is 0 Å². The number of hydrogen-bond donors (Lipinski definition) is 0. The molecule has 0 amide bonds. The summed E-state index contributed by atoms with van der Waals surface area (Å²) in [5.74, 6) is 0. The summed E-state index contributed by atoms with van der Waals surface area (Å²) in [5.41, 5.74) is 0. The second-order valence-corrected chi connectivity index (χ2v) is 1.71. The van der Waals surface area contributed by atoms with Gasteiger partial charge in [-0.2, -0.15) is 0 Å². The molecule has 3 heteroatoms. The van der Waals surface area contributed by atoms with E-state index < -0.39 is 0 Å². The second kappa shape index (κ2) is 3.02. The molecule has 48 valence electrons. The molecule has 1 unspecified atom stereocenters. The molecule has 8 heavy (non-hydrogen) atoms. The zero-order chi connectivity index (χ0) is 5.82. The Morgan fingerprint density at radius 1 is 1.62 bits per heavy atom. The van der Waals surface area contributed by atoms with Gasteiger partial charge in [0, 0.05) is 6.42 Å². The predicted molar refractivity (Wildman–Crippen MR) is 27.1 cm³/mol. The first-order valence-electron chi connectivity index (χ1n) is 2.74. The van der Waals surface area contributed by atoms with Crippen molar-refractivity contribution in [3.8, 4) is 0 Å². The third-order valence-electron chi connectivity index (χ3n) is 1.09. The highest BCUT2D eigenvalue weighted by Crippen LogP contribution is 2.12. The minimum Gasteiger partial charge on any atom is -0.350 e. The van der Waals surface area contributed by atoms with Crippen molar-refractivity contribution in [2.75, 3.05) is 13.7 Å². The second-order valence-electron chi connectivity index (χ2n) is 1.71. The van der Waals surface area contributed by atoms with Gasteiger partial charge in [0.1, 0.15) is 0 Å². The Kier molecular flexibility index (Phi) is 2.27. The molecule has 1 aliphatic heterocycles. The Balaban J connectivity index is 2.06. The summed E-state index contributed by atoms with van der Waals surface area (Å²) in [6.07, 6.45) is 1.92. The van der Waals surface area contributed by atoms with Crippen molar-refractivity contribution in [3.63, 3.8) is 0 Å². The van der Waals surface area contributed by atoms with E-state index in [0.717, 1.165) is 19.4 Å². The molecular formula is C5H10O3. The minimum absolute atomic E-state index is 0.111. The average molecular weight is 118 g/mol. The Bertz CT molecular complexity index is 58.7. The van der Waals surface area contributed by atoms with Crippen LogP contribution in [0.2, 0.25) is 0 Å². The Labute approximate surface area is 48.5 Å². The smallest absolute Gasteiger partial charge is 0.191 e. The van der Waals surface area contributed by atoms with Gasteiger partial charge in [-0.3, -0.25) is 0 Å². The molecule has 1 atom stereocenters. The fourth-order valence-corrected chi connectivity index (χ4v) is 0.731. The molecule has 1 fully saturated rings. The maximum atomic E-state index is 5.05. The molecule has 3 nitrogen and oxygen atoms in total. The SMILES string of the molecule is COOC1CCCO1. The van der Waals surface area contributed by atoms with E-state index in [-0.39, 0.29) is 6.29 Å². The number of hydrogen-bond acceptors (Lipinski definition) is 3. The van der Waals surface area contributed by atoms with Crippen LogP contribution in [0.4, 0.5) is 0 Å². The van der Waals surface area contributed by atoms with Gasteiger partial charge in [-0.1, -0.05) is 0 Å². The van der Waals surface area contributed by atoms with Gasteiger partial charge in [0.05, 0.1) is 13.7 Å². The van der Waals surface area contributed by atoms with Crippen molar-refractivity contribution in [3.05, 3.63) is 0 Å². The van der Waals surface area contributed by atoms with E-state index in [1.807, 2.05) is 0 Å². The first-order valence-corrected chi connectivity index (χ1v) is 2.74. The molecule has 1 rings (SSSR count). The van der Waals surface area contributed by atoms with E-state index in [4.69, 9.17) is 4.74 Å². The fraction of sp³-hybridized carbons (Fsp3) is 1.00. The van der Waals surface area contributed by atoms with E-state index in [0.29, 0.717) is 0 Å². The van der Waals surface area contributed by atoms with Crippen LogP contribution in [-0.2, 0) is 14.5 Å². The first kappa shape index (κ1) is 6.01. The molecule has 0 aromatic heterocycles. The molecule has 0 saturated carbocycles. The van der Waals surface area contributed by atoms with Crippen molar-refractivity contribution >= 4 is 0 Å². The van der Waals surface area contributed by atoms with Crippen molar-refractivity contribution in [2.45, 2.75) is 19.1 Å². The molecular weight excluding hydrogens is 108 g/mol. The monoisotopic (exact) mass is 118 g/mol. The highest BCUT2D eigenvalue weighted by molar-refractivity contribution is 4.51. The van der Waals surface area contributed by atoms with Crippen LogP contribution < -0.4 is 0 Å². The van der Waals surface area contributed by atoms with E-state index in [9.17, 15) is 0 Å². The lowest BCUT2D eigenvalue weighted by molar-refractivity contribution is -0.353. The van der Waals surface area contributed by atoms with Gasteiger partial charge >= 0.3 is 0 Å². The summed E-state index contributed by atoms with van der Waals surface area (Å²) in [7, 11) is 1.49. The van der Waals surface area contributed by atoms with Gasteiger partial charge in [0.2, 0.25) is 0 Å². The van der Waals surface area contributed by atoms with Crippen molar-refractivity contribution in [2.24, 2.45) is 0 Å². The van der Waals surface area contributed by atoms with Crippen LogP contribution in [0.1, 0.15) is 12.8 Å². The topological polar surface area (TPSA) is 27.7 Å². The highest BCUT2D eigenvalue weighted by atomic mass is 17.2. The lowest BCUT2D eigenvalue weighted by Crippen LogP contribution is -2.08. The normalized spacial score (nSPS) is 28.9. The summed E-state index contributed by atoms with van der Waals surface area (Å²) in [6, 6.07) is 0. The van der Waals surface area contributed by atoms with Gasteiger partial charge in [0.25, 0.3) is 0 Å². The molecule has 0 radical (unpaired) electrons. The Morgan fingerprint density at radius 2 is 2.50 bits per heavy atom. The summed E-state index contributed by atoms with van der Waals surface area (Å²) >= 11 is 0. The van der Waals surface area contributed by atoms with E-state index in [1.165, 1.54) is 7.11 Å². The quantitative estimate of drug-likeness (QED) is 0.394. The molecule has 0 aromatic carbocycles. The lowest BCUT2D eigenvalue weighted by Gasteiger charge is -2.04. The van der Waals surface area contributed by atoms with E-state index in [2.05, 4.69) is 9.78 Å². The molecule has 1 aliphatic rings. The minimum atomic E-state index is -0.111. The Hall–Kier alpha value is -0.120. The largest absolute Gasteiger partial charge is 0.350 e. The van der Waals surface area contributed by atoms with Crippen molar-refractivity contribution < 1.29 is 14.5 Å². The third-order valence-corrected chi connectivity index (χ3v) is 1.09. The Morgan fingerprint density at radius 3 is 3.00 bits per heavy atom. The molecule has 0 aromatic rings. The summed E-state index contributed by atoms with van der Waals surface area (Å²) in [5, 5.41) is 0. The summed E-state index contributed by atoms with van der Waals surface area (Å²) in [4.78, 5) is 9.08. The van der Waals surface area contributed by atoms with Crippen LogP contribution in [0.5, 0.6) is 0 Å². The standard InChI is InChI=1S/C5H10O3/c1-6-8-5-3-2-4-7-5/h5H,2-4H2,1H3. The highest BCUT2D eigenvalue weighted by Gasteiger charge is 2.15. The van der Waals surface area contributed by atoms with Crippen molar-refractivity contribution in [1.29, 1.82) is 0 Å². The van der Waals surface area contributed by atoms with Crippen LogP contribution in [0, 0.1) is 0 Å². The molecule has 0 spiro atoms. The van der Waals surface area contributed by atoms with Crippen LogP contribution in [0.3, 0.4) is 0 Å². The number of ether oxygens (including phenoxy) is 1. The summed E-state index contributed by atoms with van der Waals surface area (Å²) < 4.78 is 5.05. The predicted octanol–water partition coefficient (Wildman–Crippen LogP) is 0.701. The molecule has 1 heterocycles. The molecule has 0 N–H and O–H groups in total. The molecule has 0 aliphatic carbocycles. The van der Waals surface area contributed by atoms with Crippen LogP contribution in [0.15, 0.2) is 0 Å². The van der Waals surface area contributed by atoms with Crippen LogP contribution >= 0.6 is 0 Å². The van der Waals surface area contributed by atoms with Crippen LogP contribution in [0.25, 0.3) is 0 Å². The number of rotatable bonds is 2. The zero-order valence-corrected chi connectivity index (χ0v) is 4.92. The lowest BCUT2D eigenvalue weighted by atomic mass is 10.4. The maximum absolute atomic E-state index is 5.05. The van der Waals surface area contributed by atoms with Gasteiger partial charge in [-0.05, 0) is 6.42 Å². The van der Waals surface area contributed by atoms with Gasteiger partial charge in [-0.15, -0.1) is 0 Å². The summed E-state index contributed by atoms with van der Waals surface area (Å²) in [6.45, 7) is 0.800. The average Bonchev–Trinajstić information content (AvgIpc) is 2.19. The first-order chi connectivity index (χ1) is 3.93. The van der Waals surface area contributed by atoms with E-state index in [1.54, 1.807) is 0 Å². The van der Waals surface area contributed by atoms with E-state index >= 15 is 0 Å². The molecule has 0 bridgehead atoms. The van der Waals surface area contributed by atoms with Crippen LogP contribution in [-0.4, -0.2) is 20.0 Å². The van der Waals surface area contributed by atoms with Gasteiger partial charge in [-0.25, -0.2) is 9.78 Å². The van der Waals surface area contributed by atoms with Gasteiger partial charge in [0.15, 0.2) is 6.29 Å². The van der Waals surface area contributed by atoms with Gasteiger partial charge < -0.3 is 4.74 Å². The third kappa shape index (κ3) is 1.43. The zero-order valence-electron chi connectivity index (χ0n) is 4.92. The molecule has 1 saturated heterocycles.